The smallest absolute Gasteiger partial charge is 0.231 e. The van der Waals surface area contributed by atoms with Crippen molar-refractivity contribution >= 4 is 23.2 Å². The number of carbonyl (C=O) groups is 1. The minimum atomic E-state index is -0.390. The first-order valence-electron chi connectivity index (χ1n) is 4.35. The Labute approximate surface area is 85.5 Å². The van der Waals surface area contributed by atoms with Crippen molar-refractivity contribution in [3.05, 3.63) is 0 Å². The molecule has 0 heterocycles. The summed E-state index contributed by atoms with van der Waals surface area (Å²) in [4.78, 5) is 13.3. The lowest BCUT2D eigenvalue weighted by Crippen LogP contribution is -2.44. The average Bonchev–Trinajstić information content (AvgIpc) is 2.01. The van der Waals surface area contributed by atoms with Crippen LogP contribution in [-0.4, -0.2) is 29.5 Å². The monoisotopic (exact) mass is 202 g/mol. The van der Waals surface area contributed by atoms with Crippen LogP contribution < -0.4 is 5.32 Å². The number of thiocarbonyl (C=S) groups is 1. The van der Waals surface area contributed by atoms with Crippen molar-refractivity contribution in [3.8, 4) is 0 Å². The Balaban J connectivity index is 4.16. The maximum atomic E-state index is 11.5. The minimum Gasteiger partial charge on any atom is -0.352 e. The molecule has 0 saturated carbocycles. The van der Waals surface area contributed by atoms with Crippen LogP contribution in [0.15, 0.2) is 0 Å². The molecule has 0 saturated heterocycles. The van der Waals surface area contributed by atoms with Crippen LogP contribution in [0.2, 0.25) is 0 Å². The zero-order chi connectivity index (χ0) is 10.6. The molecule has 0 aliphatic heterocycles. The van der Waals surface area contributed by atoms with Crippen molar-refractivity contribution in [1.82, 2.24) is 10.2 Å². The molecular formula is C9H18N2OS. The van der Waals surface area contributed by atoms with Crippen molar-refractivity contribution in [1.29, 1.82) is 0 Å². The van der Waals surface area contributed by atoms with E-state index in [4.69, 9.17) is 12.2 Å². The Morgan fingerprint density at radius 1 is 1.46 bits per heavy atom. The van der Waals surface area contributed by atoms with Gasteiger partial charge in [-0.25, -0.2) is 0 Å². The zero-order valence-electron chi connectivity index (χ0n) is 8.97. The number of amides is 1. The Morgan fingerprint density at radius 3 is 2.23 bits per heavy atom. The molecule has 0 radical (unpaired) electrons. The fourth-order valence-electron chi connectivity index (χ4n) is 0.524. The first-order valence-corrected chi connectivity index (χ1v) is 4.76. The van der Waals surface area contributed by atoms with Crippen LogP contribution in [0.4, 0.5) is 0 Å². The predicted molar refractivity (Wildman–Crippen MR) is 58.5 cm³/mol. The number of nitrogens with zero attached hydrogens (tertiary/aromatic N) is 1. The molecule has 4 heteroatoms. The molecule has 0 rings (SSSR count). The number of hydrogen-bond acceptors (Lipinski definition) is 2. The van der Waals surface area contributed by atoms with Gasteiger partial charge in [0.2, 0.25) is 5.91 Å². The van der Waals surface area contributed by atoms with Crippen molar-refractivity contribution in [2.45, 2.75) is 27.7 Å². The lowest BCUT2D eigenvalue weighted by molar-refractivity contribution is -0.127. The molecule has 3 nitrogen and oxygen atoms in total. The van der Waals surface area contributed by atoms with Crippen molar-refractivity contribution in [2.75, 3.05) is 13.6 Å². The normalized spacial score (nSPS) is 10.8. The summed E-state index contributed by atoms with van der Waals surface area (Å²) in [5.74, 6) is -0.0437. The molecule has 0 aliphatic carbocycles. The summed E-state index contributed by atoms with van der Waals surface area (Å²) < 4.78 is 0. The highest BCUT2D eigenvalue weighted by Crippen LogP contribution is 2.12. The van der Waals surface area contributed by atoms with Gasteiger partial charge in [-0.3, -0.25) is 4.79 Å². The summed E-state index contributed by atoms with van der Waals surface area (Å²) in [6, 6.07) is 0. The highest BCUT2D eigenvalue weighted by molar-refractivity contribution is 7.80. The molecule has 0 aliphatic rings. The van der Waals surface area contributed by atoms with Crippen LogP contribution in [0.3, 0.4) is 0 Å². The van der Waals surface area contributed by atoms with Gasteiger partial charge in [0.1, 0.15) is 0 Å². The van der Waals surface area contributed by atoms with Gasteiger partial charge in [0.05, 0.1) is 0 Å². The molecule has 1 amide bonds. The van der Waals surface area contributed by atoms with Crippen molar-refractivity contribution in [2.24, 2.45) is 5.41 Å². The molecule has 1 N–H and O–H groups in total. The van der Waals surface area contributed by atoms with Crippen LogP contribution in [0.5, 0.6) is 0 Å². The van der Waals surface area contributed by atoms with E-state index in [1.165, 1.54) is 0 Å². The van der Waals surface area contributed by atoms with Gasteiger partial charge in [0.15, 0.2) is 5.11 Å². The van der Waals surface area contributed by atoms with Crippen LogP contribution in [-0.2, 0) is 4.79 Å². The quantitative estimate of drug-likeness (QED) is 0.652. The molecule has 0 atom stereocenters. The molecular weight excluding hydrogens is 184 g/mol. The van der Waals surface area contributed by atoms with Gasteiger partial charge in [0, 0.05) is 19.0 Å². The third-order valence-corrected chi connectivity index (χ3v) is 2.14. The Bertz CT molecular complexity index is 208. The lowest BCUT2D eigenvalue weighted by atomic mass is 9.96. The van der Waals surface area contributed by atoms with E-state index in [1.54, 1.807) is 0 Å². The van der Waals surface area contributed by atoms with E-state index in [2.05, 4.69) is 5.32 Å². The molecule has 0 unspecified atom stereocenters. The molecule has 0 spiro atoms. The second-order valence-electron chi connectivity index (χ2n) is 4.02. The second-order valence-corrected chi connectivity index (χ2v) is 4.41. The maximum Gasteiger partial charge on any atom is 0.231 e. The largest absolute Gasteiger partial charge is 0.352 e. The summed E-state index contributed by atoms with van der Waals surface area (Å²) in [6.07, 6.45) is 0. The maximum absolute atomic E-state index is 11.5. The first kappa shape index (κ1) is 12.4. The van der Waals surface area contributed by atoms with E-state index in [-0.39, 0.29) is 5.91 Å². The van der Waals surface area contributed by atoms with Gasteiger partial charge < -0.3 is 10.2 Å². The molecule has 0 aromatic rings. The SMILES string of the molecule is CCN(C)C(=S)NC(=O)C(C)(C)C. The summed E-state index contributed by atoms with van der Waals surface area (Å²) in [5.41, 5.74) is -0.390. The van der Waals surface area contributed by atoms with Crippen LogP contribution in [0, 0.1) is 5.41 Å². The van der Waals surface area contributed by atoms with Gasteiger partial charge in [-0.05, 0) is 19.1 Å². The van der Waals surface area contributed by atoms with E-state index in [0.717, 1.165) is 6.54 Å². The van der Waals surface area contributed by atoms with Gasteiger partial charge in [-0.15, -0.1) is 0 Å². The van der Waals surface area contributed by atoms with E-state index < -0.39 is 5.41 Å². The number of carbonyl (C=O) groups excluding carboxylic acids is 1. The Morgan fingerprint density at radius 2 is 1.92 bits per heavy atom. The summed E-state index contributed by atoms with van der Waals surface area (Å²) in [7, 11) is 1.85. The molecule has 0 aromatic heterocycles. The Hall–Kier alpha value is -0.640. The highest BCUT2D eigenvalue weighted by Gasteiger charge is 2.22. The second kappa shape index (κ2) is 4.56. The van der Waals surface area contributed by atoms with Crippen LogP contribution in [0.1, 0.15) is 27.7 Å². The van der Waals surface area contributed by atoms with Crippen LogP contribution in [0.25, 0.3) is 0 Å². The molecule has 13 heavy (non-hydrogen) atoms. The fourth-order valence-corrected chi connectivity index (χ4v) is 0.745. The van der Waals surface area contributed by atoms with Crippen molar-refractivity contribution in [3.63, 3.8) is 0 Å². The summed E-state index contributed by atoms with van der Waals surface area (Å²) >= 11 is 5.01. The standard InChI is InChI=1S/C9H18N2OS/c1-6-11(5)8(13)10-7(12)9(2,3)4/h6H2,1-5H3,(H,10,12,13). The van der Waals surface area contributed by atoms with Gasteiger partial charge in [-0.2, -0.15) is 0 Å². The third kappa shape index (κ3) is 4.22. The Kier molecular flexibility index (Phi) is 4.33. The topological polar surface area (TPSA) is 32.3 Å². The summed E-state index contributed by atoms with van der Waals surface area (Å²) in [6.45, 7) is 8.35. The van der Waals surface area contributed by atoms with Gasteiger partial charge in [0.25, 0.3) is 0 Å². The van der Waals surface area contributed by atoms with Gasteiger partial charge in [-0.1, -0.05) is 20.8 Å². The van der Waals surface area contributed by atoms with E-state index >= 15 is 0 Å². The number of nitrogens with one attached hydrogen (secondary N) is 1. The van der Waals surface area contributed by atoms with E-state index in [1.807, 2.05) is 39.6 Å². The number of hydrogen-bond donors (Lipinski definition) is 1. The fraction of sp³-hybridized carbons (Fsp3) is 0.778. The number of rotatable bonds is 1. The highest BCUT2D eigenvalue weighted by atomic mass is 32.1. The lowest BCUT2D eigenvalue weighted by Gasteiger charge is -2.22. The van der Waals surface area contributed by atoms with Crippen molar-refractivity contribution < 1.29 is 4.79 Å². The molecule has 0 bridgehead atoms. The first-order chi connectivity index (χ1) is 5.79. The third-order valence-electron chi connectivity index (χ3n) is 1.72. The van der Waals surface area contributed by atoms with Crippen LogP contribution >= 0.6 is 12.2 Å². The molecule has 0 fully saturated rings. The van der Waals surface area contributed by atoms with E-state index in [0.29, 0.717) is 5.11 Å². The average molecular weight is 202 g/mol. The molecule has 76 valence electrons. The van der Waals surface area contributed by atoms with Gasteiger partial charge >= 0.3 is 0 Å². The summed E-state index contributed by atoms with van der Waals surface area (Å²) in [5, 5.41) is 3.18. The van der Waals surface area contributed by atoms with E-state index in [9.17, 15) is 4.79 Å². The molecule has 0 aromatic carbocycles. The zero-order valence-corrected chi connectivity index (χ0v) is 9.79. The minimum absolute atomic E-state index is 0.0437. The predicted octanol–water partition coefficient (Wildman–Crippen LogP) is 1.39.